The van der Waals surface area contributed by atoms with E-state index in [0.29, 0.717) is 5.56 Å². The molecule has 12 heavy (non-hydrogen) atoms. The minimum Gasteiger partial charge on any atom is -0.385 e. The van der Waals surface area contributed by atoms with E-state index in [1.165, 1.54) is 20.0 Å². The predicted octanol–water partition coefficient (Wildman–Crippen LogP) is 1.86. The van der Waals surface area contributed by atoms with E-state index in [9.17, 15) is 9.50 Å². The zero-order chi connectivity index (χ0) is 9.19. The van der Waals surface area contributed by atoms with E-state index in [0.717, 1.165) is 0 Å². The average molecular weight is 169 g/mol. The van der Waals surface area contributed by atoms with Crippen LogP contribution in [-0.4, -0.2) is 15.8 Å². The van der Waals surface area contributed by atoms with Crippen molar-refractivity contribution in [3.63, 3.8) is 0 Å². The van der Waals surface area contributed by atoms with Crippen LogP contribution in [-0.2, 0) is 0 Å². The minimum atomic E-state index is -1.62. The molecule has 0 spiro atoms. The van der Waals surface area contributed by atoms with Gasteiger partial charge in [-0.3, -0.25) is 4.98 Å². The van der Waals surface area contributed by atoms with Crippen LogP contribution in [0.5, 0.6) is 0 Å². The Morgan fingerprint density at radius 1 is 1.58 bits per heavy atom. The van der Waals surface area contributed by atoms with Crippen molar-refractivity contribution in [3.8, 4) is 0 Å². The number of alkyl halides is 1. The molecule has 1 N–H and O–H groups in total. The molecule has 66 valence electrons. The number of rotatable bonds is 2. The molecule has 1 atom stereocenters. The molecule has 1 rings (SSSR count). The summed E-state index contributed by atoms with van der Waals surface area (Å²) in [5.41, 5.74) is -1.12. The summed E-state index contributed by atoms with van der Waals surface area (Å²) in [6, 6.07) is 3.32. The summed E-state index contributed by atoms with van der Waals surface area (Å²) in [7, 11) is 0. The normalized spacial score (nSPS) is 14.3. The number of halogens is 1. The molecule has 3 heteroatoms. The molecule has 1 heterocycles. The zero-order valence-corrected chi connectivity index (χ0v) is 7.16. The van der Waals surface area contributed by atoms with E-state index in [1.54, 1.807) is 18.3 Å². The highest BCUT2D eigenvalue weighted by Gasteiger charge is 2.28. The van der Waals surface area contributed by atoms with Crippen LogP contribution in [0, 0.1) is 0 Å². The van der Waals surface area contributed by atoms with Crippen LogP contribution in [0.25, 0.3) is 0 Å². The third kappa shape index (κ3) is 2.01. The van der Waals surface area contributed by atoms with Gasteiger partial charge in [0.25, 0.3) is 0 Å². The lowest BCUT2D eigenvalue weighted by Gasteiger charge is -2.21. The fourth-order valence-corrected chi connectivity index (χ4v) is 0.934. The zero-order valence-electron chi connectivity index (χ0n) is 7.16. The molecule has 2 nitrogen and oxygen atoms in total. The SMILES string of the molecule is CC(C)(F)[C@@H](O)c1cccnc1. The monoisotopic (exact) mass is 169 g/mol. The average Bonchev–Trinajstić information content (AvgIpc) is 2.03. The molecule has 0 aliphatic carbocycles. The maximum Gasteiger partial charge on any atom is 0.135 e. The van der Waals surface area contributed by atoms with Crippen molar-refractivity contribution in [2.45, 2.75) is 25.6 Å². The molecular formula is C9H12FNO. The van der Waals surface area contributed by atoms with Crippen LogP contribution >= 0.6 is 0 Å². The quantitative estimate of drug-likeness (QED) is 0.733. The molecule has 0 aromatic carbocycles. The first-order valence-corrected chi connectivity index (χ1v) is 3.78. The summed E-state index contributed by atoms with van der Waals surface area (Å²) >= 11 is 0. The van der Waals surface area contributed by atoms with Gasteiger partial charge < -0.3 is 5.11 Å². The van der Waals surface area contributed by atoms with Gasteiger partial charge in [-0.1, -0.05) is 6.07 Å². The number of nitrogens with zero attached hydrogens (tertiary/aromatic N) is 1. The van der Waals surface area contributed by atoms with Crippen molar-refractivity contribution in [1.29, 1.82) is 0 Å². The molecule has 0 aliphatic heterocycles. The lowest BCUT2D eigenvalue weighted by Crippen LogP contribution is -2.23. The van der Waals surface area contributed by atoms with E-state index in [2.05, 4.69) is 4.98 Å². The summed E-state index contributed by atoms with van der Waals surface area (Å²) in [5, 5.41) is 9.44. The Kier molecular flexibility index (Phi) is 2.43. The van der Waals surface area contributed by atoms with Crippen molar-refractivity contribution < 1.29 is 9.50 Å². The summed E-state index contributed by atoms with van der Waals surface area (Å²) < 4.78 is 13.2. The van der Waals surface area contributed by atoms with Crippen molar-refractivity contribution in [3.05, 3.63) is 30.1 Å². The lowest BCUT2D eigenvalue weighted by molar-refractivity contribution is 0.0159. The van der Waals surface area contributed by atoms with Crippen LogP contribution in [0.15, 0.2) is 24.5 Å². The van der Waals surface area contributed by atoms with Crippen molar-refractivity contribution >= 4 is 0 Å². The molecular weight excluding hydrogens is 157 g/mol. The van der Waals surface area contributed by atoms with Gasteiger partial charge in [-0.15, -0.1) is 0 Å². The Morgan fingerprint density at radius 2 is 2.25 bits per heavy atom. The maximum absolute atomic E-state index is 13.2. The van der Waals surface area contributed by atoms with E-state index in [1.807, 2.05) is 0 Å². The van der Waals surface area contributed by atoms with Gasteiger partial charge in [0, 0.05) is 18.0 Å². The van der Waals surface area contributed by atoms with Gasteiger partial charge in [-0.25, -0.2) is 4.39 Å². The third-order valence-electron chi connectivity index (χ3n) is 1.65. The van der Waals surface area contributed by atoms with Crippen LogP contribution in [0.4, 0.5) is 4.39 Å². The molecule has 0 radical (unpaired) electrons. The smallest absolute Gasteiger partial charge is 0.135 e. The first-order valence-electron chi connectivity index (χ1n) is 3.78. The van der Waals surface area contributed by atoms with Crippen LogP contribution in [0.3, 0.4) is 0 Å². The Balaban J connectivity index is 2.86. The second-order valence-corrected chi connectivity index (χ2v) is 3.25. The summed E-state index contributed by atoms with van der Waals surface area (Å²) in [4.78, 5) is 3.79. The van der Waals surface area contributed by atoms with Crippen LogP contribution in [0.2, 0.25) is 0 Å². The van der Waals surface area contributed by atoms with Gasteiger partial charge in [0.1, 0.15) is 11.8 Å². The second kappa shape index (κ2) is 3.19. The molecule has 0 saturated carbocycles. The third-order valence-corrected chi connectivity index (χ3v) is 1.65. The molecule has 0 unspecified atom stereocenters. The first-order chi connectivity index (χ1) is 5.52. The Hall–Kier alpha value is -0.960. The molecule has 0 amide bonds. The largest absolute Gasteiger partial charge is 0.385 e. The molecule has 1 aromatic heterocycles. The van der Waals surface area contributed by atoms with Crippen molar-refractivity contribution in [1.82, 2.24) is 4.98 Å². The number of aliphatic hydroxyl groups is 1. The summed E-state index contributed by atoms with van der Waals surface area (Å²) in [6.07, 6.45) is 1.94. The molecule has 1 aromatic rings. The highest BCUT2D eigenvalue weighted by atomic mass is 19.1. The molecule has 0 bridgehead atoms. The number of aromatic nitrogens is 1. The van der Waals surface area contributed by atoms with Gasteiger partial charge in [-0.05, 0) is 19.9 Å². The van der Waals surface area contributed by atoms with Gasteiger partial charge >= 0.3 is 0 Å². The lowest BCUT2D eigenvalue weighted by atomic mass is 9.98. The van der Waals surface area contributed by atoms with Gasteiger partial charge in [-0.2, -0.15) is 0 Å². The Labute approximate surface area is 71.1 Å². The minimum absolute atomic E-state index is 0.505. The number of hydrogen-bond acceptors (Lipinski definition) is 2. The molecule has 0 saturated heterocycles. The van der Waals surface area contributed by atoms with Gasteiger partial charge in [0.15, 0.2) is 0 Å². The van der Waals surface area contributed by atoms with Gasteiger partial charge in [0.2, 0.25) is 0 Å². The highest BCUT2D eigenvalue weighted by molar-refractivity contribution is 5.14. The predicted molar refractivity (Wildman–Crippen MR) is 44.4 cm³/mol. The van der Waals surface area contributed by atoms with Crippen LogP contribution < -0.4 is 0 Å². The van der Waals surface area contributed by atoms with Gasteiger partial charge in [0.05, 0.1) is 0 Å². The van der Waals surface area contributed by atoms with E-state index in [-0.39, 0.29) is 0 Å². The maximum atomic E-state index is 13.2. The summed E-state index contributed by atoms with van der Waals surface area (Å²) in [5.74, 6) is 0. The van der Waals surface area contributed by atoms with Crippen molar-refractivity contribution in [2.24, 2.45) is 0 Å². The number of pyridine rings is 1. The highest BCUT2D eigenvalue weighted by Crippen LogP contribution is 2.27. The fourth-order valence-electron chi connectivity index (χ4n) is 0.934. The Bertz CT molecular complexity index is 242. The molecule has 0 fully saturated rings. The summed E-state index contributed by atoms with van der Waals surface area (Å²) in [6.45, 7) is 2.68. The topological polar surface area (TPSA) is 33.1 Å². The number of aliphatic hydroxyl groups excluding tert-OH is 1. The van der Waals surface area contributed by atoms with Crippen LogP contribution in [0.1, 0.15) is 25.5 Å². The molecule has 0 aliphatic rings. The van der Waals surface area contributed by atoms with E-state index >= 15 is 0 Å². The first kappa shape index (κ1) is 9.13. The second-order valence-electron chi connectivity index (χ2n) is 3.25. The van der Waals surface area contributed by atoms with E-state index in [4.69, 9.17) is 0 Å². The standard InChI is InChI=1S/C9H12FNO/c1-9(2,10)8(12)7-4-3-5-11-6-7/h3-6,8,12H,1-2H3/t8-/m0/s1. The Morgan fingerprint density at radius 3 is 2.67 bits per heavy atom. The van der Waals surface area contributed by atoms with E-state index < -0.39 is 11.8 Å². The number of hydrogen-bond donors (Lipinski definition) is 1. The fraction of sp³-hybridized carbons (Fsp3) is 0.444. The van der Waals surface area contributed by atoms with Crippen molar-refractivity contribution in [2.75, 3.05) is 0 Å².